The van der Waals surface area contributed by atoms with Gasteiger partial charge in [-0.15, -0.1) is 0 Å². The first kappa shape index (κ1) is 19.9. The van der Waals surface area contributed by atoms with Gasteiger partial charge in [-0.2, -0.15) is 4.31 Å². The van der Waals surface area contributed by atoms with Crippen molar-refractivity contribution in [2.45, 2.75) is 32.1 Å². The van der Waals surface area contributed by atoms with Crippen molar-refractivity contribution in [2.24, 2.45) is 0 Å². The highest BCUT2D eigenvalue weighted by molar-refractivity contribution is 7.89. The fraction of sp³-hybridized carbons (Fsp3) is 0.412. The van der Waals surface area contributed by atoms with E-state index in [1.165, 1.54) is 14.0 Å². The number of anilines is 1. The number of carbonyl (C=O) groups excluding carboxylic acids is 1. The number of benzene rings is 1. The van der Waals surface area contributed by atoms with Crippen LogP contribution < -0.4 is 10.1 Å². The number of amides is 1. The van der Waals surface area contributed by atoms with Crippen LogP contribution in [0.4, 0.5) is 5.69 Å². The summed E-state index contributed by atoms with van der Waals surface area (Å²) in [6.07, 6.45) is 0.834. The Kier molecular flexibility index (Phi) is 6.38. The van der Waals surface area contributed by atoms with E-state index in [-0.39, 0.29) is 22.9 Å². The van der Waals surface area contributed by atoms with Gasteiger partial charge in [0.05, 0.1) is 18.8 Å². The van der Waals surface area contributed by atoms with E-state index in [0.717, 1.165) is 10.7 Å². The Morgan fingerprint density at radius 3 is 2.62 bits per heavy atom. The number of nitrogens with zero attached hydrogens (tertiary/aromatic N) is 2. The number of carbonyl (C=O) groups is 1. The summed E-state index contributed by atoms with van der Waals surface area (Å²) >= 11 is 0. The fourth-order valence-electron chi connectivity index (χ4n) is 2.38. The first-order valence-electron chi connectivity index (χ1n) is 8.18. The third-order valence-corrected chi connectivity index (χ3v) is 5.67. The molecule has 1 aromatic carbocycles. The van der Waals surface area contributed by atoms with Gasteiger partial charge in [0.1, 0.15) is 16.3 Å². The molecule has 0 fully saturated rings. The third kappa shape index (κ3) is 4.41. The summed E-state index contributed by atoms with van der Waals surface area (Å²) in [5.41, 5.74) is 0.752. The largest absolute Gasteiger partial charge is 0.491 e. The van der Waals surface area contributed by atoms with E-state index < -0.39 is 15.9 Å². The van der Waals surface area contributed by atoms with Gasteiger partial charge >= 0.3 is 0 Å². The number of rotatable bonds is 8. The van der Waals surface area contributed by atoms with Crippen LogP contribution in [0, 0.1) is 13.8 Å². The second-order valence-electron chi connectivity index (χ2n) is 5.81. The second kappa shape index (κ2) is 8.33. The van der Waals surface area contributed by atoms with Gasteiger partial charge in [-0.25, -0.2) is 8.42 Å². The first-order chi connectivity index (χ1) is 12.3. The lowest BCUT2D eigenvalue weighted by molar-refractivity contribution is -0.116. The van der Waals surface area contributed by atoms with E-state index in [1.54, 1.807) is 31.2 Å². The van der Waals surface area contributed by atoms with Gasteiger partial charge in [0.2, 0.25) is 15.9 Å². The zero-order valence-electron chi connectivity index (χ0n) is 15.3. The van der Waals surface area contributed by atoms with Crippen molar-refractivity contribution in [3.63, 3.8) is 0 Å². The predicted molar refractivity (Wildman–Crippen MR) is 96.7 cm³/mol. The molecule has 0 atom stereocenters. The lowest BCUT2D eigenvalue weighted by Gasteiger charge is -2.17. The average molecular weight is 381 g/mol. The minimum atomic E-state index is -3.88. The van der Waals surface area contributed by atoms with E-state index in [2.05, 4.69) is 10.5 Å². The molecule has 26 heavy (non-hydrogen) atoms. The van der Waals surface area contributed by atoms with Gasteiger partial charge in [0, 0.05) is 7.05 Å². The van der Waals surface area contributed by atoms with E-state index in [0.29, 0.717) is 18.0 Å². The van der Waals surface area contributed by atoms with Gasteiger partial charge in [-0.1, -0.05) is 24.2 Å². The molecule has 2 rings (SSSR count). The lowest BCUT2D eigenvalue weighted by atomic mass is 10.3. The quantitative estimate of drug-likeness (QED) is 0.753. The Morgan fingerprint density at radius 2 is 2.00 bits per heavy atom. The SMILES string of the molecule is CCCOc1ccccc1NC(=O)CN(C)S(=O)(=O)c1c(C)noc1C. The third-order valence-electron chi connectivity index (χ3n) is 3.63. The molecule has 1 amide bonds. The zero-order valence-corrected chi connectivity index (χ0v) is 16.1. The summed E-state index contributed by atoms with van der Waals surface area (Å²) < 4.78 is 36.8. The van der Waals surface area contributed by atoms with E-state index in [9.17, 15) is 13.2 Å². The second-order valence-corrected chi connectivity index (χ2v) is 7.79. The van der Waals surface area contributed by atoms with Crippen molar-refractivity contribution in [3.05, 3.63) is 35.7 Å². The van der Waals surface area contributed by atoms with Gasteiger partial charge in [-0.3, -0.25) is 4.79 Å². The lowest BCUT2D eigenvalue weighted by Crippen LogP contribution is -2.35. The molecule has 0 aliphatic heterocycles. The highest BCUT2D eigenvalue weighted by atomic mass is 32.2. The molecule has 1 heterocycles. The Morgan fingerprint density at radius 1 is 1.31 bits per heavy atom. The topological polar surface area (TPSA) is 102 Å². The summed E-state index contributed by atoms with van der Waals surface area (Å²) in [5.74, 6) is 0.252. The molecule has 0 aliphatic rings. The van der Waals surface area contributed by atoms with Gasteiger partial charge < -0.3 is 14.6 Å². The van der Waals surface area contributed by atoms with E-state index in [1.807, 2.05) is 6.92 Å². The minimum Gasteiger partial charge on any atom is -0.491 e. The van der Waals surface area contributed by atoms with Crippen molar-refractivity contribution in [1.29, 1.82) is 0 Å². The van der Waals surface area contributed by atoms with Crippen LogP contribution in [0.15, 0.2) is 33.7 Å². The highest BCUT2D eigenvalue weighted by Crippen LogP contribution is 2.25. The Labute approximate surface area is 153 Å². The number of aryl methyl sites for hydroxylation is 2. The van der Waals surface area contributed by atoms with E-state index >= 15 is 0 Å². The molecule has 0 aliphatic carbocycles. The minimum absolute atomic E-state index is 0.0144. The van der Waals surface area contributed by atoms with Crippen molar-refractivity contribution in [3.8, 4) is 5.75 Å². The summed E-state index contributed by atoms with van der Waals surface area (Å²) in [7, 11) is -2.55. The predicted octanol–water partition coefficient (Wildman–Crippen LogP) is 2.34. The molecule has 0 saturated carbocycles. The number of hydrogen-bond donors (Lipinski definition) is 1. The molecule has 9 heteroatoms. The standard InChI is InChI=1S/C17H23N3O5S/c1-5-10-24-15-9-7-6-8-14(15)18-16(21)11-20(4)26(22,23)17-12(2)19-25-13(17)3/h6-9H,5,10-11H2,1-4H3,(H,18,21). The van der Waals surface area contributed by atoms with Crippen LogP contribution >= 0.6 is 0 Å². The first-order valence-corrected chi connectivity index (χ1v) is 9.62. The van der Waals surface area contributed by atoms with Crippen LogP contribution in [-0.2, 0) is 14.8 Å². The molecule has 142 valence electrons. The molecular formula is C17H23N3O5S. The van der Waals surface area contributed by atoms with Gasteiger partial charge in [0.25, 0.3) is 0 Å². The molecular weight excluding hydrogens is 358 g/mol. The van der Waals surface area contributed by atoms with Crippen LogP contribution in [0.25, 0.3) is 0 Å². The number of para-hydroxylation sites is 2. The summed E-state index contributed by atoms with van der Waals surface area (Å²) in [6, 6.07) is 7.01. The van der Waals surface area contributed by atoms with Crippen molar-refractivity contribution in [2.75, 3.05) is 25.5 Å². The number of nitrogens with one attached hydrogen (secondary N) is 1. The Hall–Kier alpha value is -2.39. The molecule has 8 nitrogen and oxygen atoms in total. The summed E-state index contributed by atoms with van der Waals surface area (Å²) in [4.78, 5) is 12.3. The Bertz CT molecular complexity index is 857. The molecule has 1 aromatic heterocycles. The van der Waals surface area contributed by atoms with Crippen LogP contribution in [0.2, 0.25) is 0 Å². The maximum absolute atomic E-state index is 12.7. The highest BCUT2D eigenvalue weighted by Gasteiger charge is 2.29. The van der Waals surface area contributed by atoms with Gasteiger partial charge in [-0.05, 0) is 32.4 Å². The number of likely N-dealkylation sites (N-methyl/N-ethyl adjacent to an activating group) is 1. The van der Waals surface area contributed by atoms with Crippen LogP contribution in [0.3, 0.4) is 0 Å². The maximum atomic E-state index is 12.7. The van der Waals surface area contributed by atoms with Crippen molar-refractivity contribution >= 4 is 21.6 Å². The van der Waals surface area contributed by atoms with Crippen LogP contribution in [0.1, 0.15) is 24.8 Å². The average Bonchev–Trinajstić information content (AvgIpc) is 2.93. The molecule has 0 radical (unpaired) electrons. The van der Waals surface area contributed by atoms with Gasteiger partial charge in [0.15, 0.2) is 5.76 Å². The maximum Gasteiger partial charge on any atom is 0.248 e. The van der Waals surface area contributed by atoms with E-state index in [4.69, 9.17) is 9.26 Å². The monoisotopic (exact) mass is 381 g/mol. The zero-order chi connectivity index (χ0) is 19.3. The summed E-state index contributed by atoms with van der Waals surface area (Å²) in [5, 5.41) is 6.34. The number of hydrogen-bond acceptors (Lipinski definition) is 6. The van der Waals surface area contributed by atoms with Crippen molar-refractivity contribution in [1.82, 2.24) is 9.46 Å². The molecule has 0 unspecified atom stereocenters. The molecule has 0 spiro atoms. The summed E-state index contributed by atoms with van der Waals surface area (Å²) in [6.45, 7) is 5.21. The number of ether oxygens (including phenoxy) is 1. The normalized spacial score (nSPS) is 11.6. The molecule has 0 bridgehead atoms. The number of aromatic nitrogens is 1. The van der Waals surface area contributed by atoms with Crippen LogP contribution in [0.5, 0.6) is 5.75 Å². The molecule has 2 aromatic rings. The smallest absolute Gasteiger partial charge is 0.248 e. The number of sulfonamides is 1. The Balaban J connectivity index is 2.11. The molecule has 0 saturated heterocycles. The van der Waals surface area contributed by atoms with Crippen LogP contribution in [-0.4, -0.2) is 44.0 Å². The fourth-order valence-corrected chi connectivity index (χ4v) is 3.79. The molecule has 1 N–H and O–H groups in total. The van der Waals surface area contributed by atoms with Crippen molar-refractivity contribution < 1.29 is 22.5 Å².